The van der Waals surface area contributed by atoms with Crippen molar-refractivity contribution in [3.8, 4) is 22.7 Å². The highest BCUT2D eigenvalue weighted by molar-refractivity contribution is 5.97. The topological polar surface area (TPSA) is 78.5 Å². The summed E-state index contributed by atoms with van der Waals surface area (Å²) in [5.74, 6) is 0.213. The number of hydrogen-bond donors (Lipinski definition) is 0. The first-order chi connectivity index (χ1) is 16.5. The van der Waals surface area contributed by atoms with Crippen LogP contribution in [-0.4, -0.2) is 31.6 Å². The molecule has 0 spiro atoms. The van der Waals surface area contributed by atoms with Gasteiger partial charge in [0, 0.05) is 17.5 Å². The Labute approximate surface area is 195 Å². The maximum Gasteiger partial charge on any atom is 0.267 e. The number of carbonyl (C=O) groups excluding carboxylic acids is 1. The fourth-order valence-electron chi connectivity index (χ4n) is 3.93. The monoisotopic (exact) mass is 450 g/mol. The largest absolute Gasteiger partial charge is 0.482 e. The first kappa shape index (κ1) is 21.3. The molecule has 0 atom stereocenters. The van der Waals surface area contributed by atoms with Crippen molar-refractivity contribution in [2.45, 2.75) is 13.8 Å². The molecule has 0 amide bonds. The van der Waals surface area contributed by atoms with Gasteiger partial charge in [-0.05, 0) is 44.2 Å². The van der Waals surface area contributed by atoms with E-state index in [1.807, 2.05) is 49.4 Å². The molecule has 2 aromatic carbocycles. The molecular formula is C27H22N4O3. The predicted octanol–water partition coefficient (Wildman–Crippen LogP) is 4.43. The molecule has 0 radical (unpaired) electrons. The van der Waals surface area contributed by atoms with Crippen LogP contribution in [0.3, 0.4) is 0 Å². The molecule has 0 saturated heterocycles. The number of carbonyl (C=O) groups is 1. The summed E-state index contributed by atoms with van der Waals surface area (Å²) in [6, 6.07) is 24.0. The number of pyridine rings is 1. The number of benzene rings is 2. The summed E-state index contributed by atoms with van der Waals surface area (Å²) < 4.78 is 9.02. The Kier molecular flexibility index (Phi) is 5.51. The third-order valence-electron chi connectivity index (χ3n) is 5.60. The number of ether oxygens (including phenoxy) is 1. The number of fused-ring (bicyclic) bond motifs is 1. The van der Waals surface area contributed by atoms with Crippen molar-refractivity contribution in [3.63, 3.8) is 0 Å². The van der Waals surface area contributed by atoms with E-state index in [0.29, 0.717) is 33.9 Å². The van der Waals surface area contributed by atoms with E-state index in [0.717, 1.165) is 11.4 Å². The van der Waals surface area contributed by atoms with Crippen molar-refractivity contribution < 1.29 is 9.53 Å². The van der Waals surface area contributed by atoms with Crippen molar-refractivity contribution in [2.75, 3.05) is 6.61 Å². The molecule has 3 aromatic heterocycles. The molecule has 0 saturated carbocycles. The Bertz CT molecular complexity index is 1550. The van der Waals surface area contributed by atoms with Crippen LogP contribution in [0, 0.1) is 13.8 Å². The number of aromatic nitrogens is 4. The molecule has 34 heavy (non-hydrogen) atoms. The molecule has 0 N–H and O–H groups in total. The average molecular weight is 450 g/mol. The van der Waals surface area contributed by atoms with E-state index in [1.54, 1.807) is 54.2 Å². The molecule has 7 nitrogen and oxygen atoms in total. The number of hydrogen-bond acceptors (Lipinski definition) is 5. The lowest BCUT2D eigenvalue weighted by molar-refractivity contribution is 0.0922. The lowest BCUT2D eigenvalue weighted by Gasteiger charge is -2.11. The summed E-state index contributed by atoms with van der Waals surface area (Å²) in [6.45, 7) is 3.57. The van der Waals surface area contributed by atoms with Crippen LogP contribution >= 0.6 is 0 Å². The summed E-state index contributed by atoms with van der Waals surface area (Å²) in [5, 5.41) is 4.68. The summed E-state index contributed by atoms with van der Waals surface area (Å²) >= 11 is 0. The number of ketones is 1. The Morgan fingerprint density at radius 3 is 2.38 bits per heavy atom. The van der Waals surface area contributed by atoms with Gasteiger partial charge in [0.25, 0.3) is 5.56 Å². The first-order valence-corrected chi connectivity index (χ1v) is 10.9. The van der Waals surface area contributed by atoms with E-state index in [9.17, 15) is 9.59 Å². The highest BCUT2D eigenvalue weighted by Gasteiger charge is 2.18. The van der Waals surface area contributed by atoms with Crippen molar-refractivity contribution in [3.05, 3.63) is 112 Å². The molecule has 3 heterocycles. The van der Waals surface area contributed by atoms with Gasteiger partial charge in [0.2, 0.25) is 0 Å². The van der Waals surface area contributed by atoms with E-state index in [2.05, 4.69) is 10.1 Å². The second-order valence-corrected chi connectivity index (χ2v) is 7.94. The Hall–Kier alpha value is -4.52. The van der Waals surface area contributed by atoms with Gasteiger partial charge in [-0.2, -0.15) is 5.10 Å². The third kappa shape index (κ3) is 3.88. The van der Waals surface area contributed by atoms with Crippen molar-refractivity contribution >= 4 is 11.4 Å². The van der Waals surface area contributed by atoms with Crippen LogP contribution in [0.1, 0.15) is 21.7 Å². The van der Waals surface area contributed by atoms with Crippen LogP contribution in [-0.2, 0) is 0 Å². The van der Waals surface area contributed by atoms with Crippen molar-refractivity contribution in [2.24, 2.45) is 0 Å². The van der Waals surface area contributed by atoms with Gasteiger partial charge in [-0.25, -0.2) is 9.67 Å². The molecular weight excluding hydrogens is 428 g/mol. The summed E-state index contributed by atoms with van der Waals surface area (Å²) in [6.07, 6.45) is 1.64. The van der Waals surface area contributed by atoms with E-state index in [-0.39, 0.29) is 17.9 Å². The van der Waals surface area contributed by atoms with Gasteiger partial charge in [0.1, 0.15) is 5.69 Å². The minimum absolute atomic E-state index is 0.152. The van der Waals surface area contributed by atoms with E-state index < -0.39 is 0 Å². The molecule has 0 bridgehead atoms. The van der Waals surface area contributed by atoms with Gasteiger partial charge in [-0.3, -0.25) is 14.0 Å². The lowest BCUT2D eigenvalue weighted by Crippen LogP contribution is -2.20. The minimum Gasteiger partial charge on any atom is -0.482 e. The molecule has 0 aliphatic rings. The van der Waals surface area contributed by atoms with Crippen molar-refractivity contribution in [1.29, 1.82) is 0 Å². The van der Waals surface area contributed by atoms with Crippen molar-refractivity contribution in [1.82, 2.24) is 19.2 Å². The minimum atomic E-state index is -0.250. The van der Waals surface area contributed by atoms with Crippen LogP contribution in [0.15, 0.2) is 89.9 Å². The summed E-state index contributed by atoms with van der Waals surface area (Å²) in [5.41, 5.74) is 4.00. The summed E-state index contributed by atoms with van der Waals surface area (Å²) in [7, 11) is 0. The number of aryl methyl sites for hydroxylation is 2. The van der Waals surface area contributed by atoms with Crippen LogP contribution < -0.4 is 10.3 Å². The standard InChI is InChI=1S/C27H22N4O3/c1-18-16-22(29-31(18)21-12-7-4-8-13-21)25-19(2)28-26-24(14-9-15-30(26)27(25)33)34-17-23(32)20-10-5-3-6-11-20/h3-16H,17H2,1-2H3. The molecule has 0 aliphatic carbocycles. The molecule has 5 aromatic rings. The highest BCUT2D eigenvalue weighted by Crippen LogP contribution is 2.24. The number of rotatable bonds is 6. The number of para-hydroxylation sites is 1. The van der Waals surface area contributed by atoms with Crippen LogP contribution in [0.4, 0.5) is 0 Å². The number of nitrogens with zero attached hydrogens (tertiary/aromatic N) is 4. The zero-order valence-electron chi connectivity index (χ0n) is 18.8. The SMILES string of the molecule is Cc1nc2c(OCC(=O)c3ccccc3)cccn2c(=O)c1-c1cc(C)n(-c2ccccc2)n1. The zero-order valence-corrected chi connectivity index (χ0v) is 18.8. The van der Waals surface area contributed by atoms with Gasteiger partial charge in [0.15, 0.2) is 23.8 Å². The molecule has 0 fully saturated rings. The summed E-state index contributed by atoms with van der Waals surface area (Å²) in [4.78, 5) is 30.6. The number of Topliss-reactive ketones (excluding diaryl/α,β-unsaturated/α-hetero) is 1. The van der Waals surface area contributed by atoms with Crippen LogP contribution in [0.5, 0.6) is 5.75 Å². The maximum absolute atomic E-state index is 13.5. The van der Waals surface area contributed by atoms with E-state index in [4.69, 9.17) is 4.74 Å². The third-order valence-corrected chi connectivity index (χ3v) is 5.60. The first-order valence-electron chi connectivity index (χ1n) is 10.9. The van der Waals surface area contributed by atoms with Gasteiger partial charge in [-0.15, -0.1) is 0 Å². The lowest BCUT2D eigenvalue weighted by atomic mass is 10.1. The molecule has 0 aliphatic heterocycles. The van der Waals surface area contributed by atoms with Gasteiger partial charge in [-0.1, -0.05) is 48.5 Å². The van der Waals surface area contributed by atoms with Gasteiger partial charge >= 0.3 is 0 Å². The normalized spacial score (nSPS) is 11.0. The quantitative estimate of drug-likeness (QED) is 0.358. The molecule has 7 heteroatoms. The average Bonchev–Trinajstić information content (AvgIpc) is 3.24. The highest BCUT2D eigenvalue weighted by atomic mass is 16.5. The second kappa shape index (κ2) is 8.78. The molecule has 5 rings (SSSR count). The second-order valence-electron chi connectivity index (χ2n) is 7.94. The van der Waals surface area contributed by atoms with Gasteiger partial charge < -0.3 is 4.74 Å². The van der Waals surface area contributed by atoms with E-state index >= 15 is 0 Å². The van der Waals surface area contributed by atoms with Crippen LogP contribution in [0.2, 0.25) is 0 Å². The van der Waals surface area contributed by atoms with Gasteiger partial charge in [0.05, 0.1) is 16.9 Å². The Morgan fingerprint density at radius 2 is 1.65 bits per heavy atom. The Balaban J connectivity index is 1.52. The fourth-order valence-corrected chi connectivity index (χ4v) is 3.93. The fraction of sp³-hybridized carbons (Fsp3) is 0.111. The smallest absolute Gasteiger partial charge is 0.267 e. The molecule has 0 unspecified atom stereocenters. The predicted molar refractivity (Wildman–Crippen MR) is 130 cm³/mol. The van der Waals surface area contributed by atoms with Crippen LogP contribution in [0.25, 0.3) is 22.6 Å². The van der Waals surface area contributed by atoms with E-state index in [1.165, 1.54) is 4.40 Å². The maximum atomic E-state index is 13.5. The Morgan fingerprint density at radius 1 is 0.941 bits per heavy atom. The molecule has 168 valence electrons. The zero-order chi connectivity index (χ0) is 23.7.